The number of benzene rings is 1. The normalized spacial score (nSPS) is 9.74. The molecule has 1 rings (SSSR count). The molecule has 0 saturated carbocycles. The number of amides is 1. The number of thiocarbonyl (C=S) groups is 1. The molecule has 1 aromatic carbocycles. The summed E-state index contributed by atoms with van der Waals surface area (Å²) < 4.78 is 4.89. The zero-order valence-electron chi connectivity index (χ0n) is 10.6. The molecular weight excluding hydrogens is 266 g/mol. The number of hydrazine groups is 1. The first-order chi connectivity index (χ1) is 9.15. The van der Waals surface area contributed by atoms with Crippen LogP contribution in [-0.2, 0) is 4.74 Å². The molecule has 0 spiro atoms. The van der Waals surface area contributed by atoms with Crippen molar-refractivity contribution in [3.05, 3.63) is 29.8 Å². The lowest BCUT2D eigenvalue weighted by atomic mass is 10.2. The number of nitrogens with one attached hydrogen (secondary N) is 3. The molecule has 104 valence electrons. The Kier molecular flexibility index (Phi) is 6.62. The van der Waals surface area contributed by atoms with Crippen LogP contribution in [0.5, 0.6) is 5.75 Å². The zero-order chi connectivity index (χ0) is 14.1. The van der Waals surface area contributed by atoms with Gasteiger partial charge in [-0.1, -0.05) is 12.1 Å². The number of rotatable bonds is 5. The van der Waals surface area contributed by atoms with E-state index in [2.05, 4.69) is 16.2 Å². The summed E-state index contributed by atoms with van der Waals surface area (Å²) in [6.07, 6.45) is 0.811. The van der Waals surface area contributed by atoms with Crippen molar-refractivity contribution in [3.8, 4) is 5.75 Å². The minimum atomic E-state index is -0.459. The monoisotopic (exact) mass is 283 g/mol. The highest BCUT2D eigenvalue weighted by molar-refractivity contribution is 7.80. The Morgan fingerprint density at radius 2 is 2.11 bits per heavy atom. The predicted molar refractivity (Wildman–Crippen MR) is 75.8 cm³/mol. The van der Waals surface area contributed by atoms with Crippen molar-refractivity contribution >= 4 is 23.2 Å². The van der Waals surface area contributed by atoms with Crippen LogP contribution in [0.1, 0.15) is 16.8 Å². The first-order valence-electron chi connectivity index (χ1n) is 5.76. The molecule has 0 fully saturated rings. The van der Waals surface area contributed by atoms with Crippen LogP contribution in [-0.4, -0.2) is 36.4 Å². The summed E-state index contributed by atoms with van der Waals surface area (Å²) in [5.41, 5.74) is 5.13. The number of hydrogen-bond acceptors (Lipinski definition) is 4. The van der Waals surface area contributed by atoms with E-state index in [0.29, 0.717) is 18.3 Å². The number of aromatic hydroxyl groups is 1. The number of para-hydroxylation sites is 1. The van der Waals surface area contributed by atoms with Gasteiger partial charge in [0.2, 0.25) is 0 Å². The molecule has 19 heavy (non-hydrogen) atoms. The van der Waals surface area contributed by atoms with Crippen LogP contribution in [0.15, 0.2) is 24.3 Å². The molecule has 0 radical (unpaired) electrons. The Labute approximate surface area is 117 Å². The van der Waals surface area contributed by atoms with Crippen LogP contribution >= 0.6 is 12.2 Å². The molecule has 4 N–H and O–H groups in total. The number of phenols is 1. The maximum absolute atomic E-state index is 11.7. The second kappa shape index (κ2) is 8.28. The molecule has 0 atom stereocenters. The molecule has 1 amide bonds. The summed E-state index contributed by atoms with van der Waals surface area (Å²) in [4.78, 5) is 11.7. The number of carbonyl (C=O) groups excluding carboxylic acids is 1. The number of phenolic OH excluding ortho intramolecular Hbond substituents is 1. The fraction of sp³-hybridized carbons (Fsp3) is 0.333. The van der Waals surface area contributed by atoms with E-state index in [-0.39, 0.29) is 11.3 Å². The quantitative estimate of drug-likeness (QED) is 0.359. The highest BCUT2D eigenvalue weighted by atomic mass is 32.1. The van der Waals surface area contributed by atoms with Crippen LogP contribution in [0.2, 0.25) is 0 Å². The topological polar surface area (TPSA) is 82.6 Å². The summed E-state index contributed by atoms with van der Waals surface area (Å²) >= 11 is 4.96. The van der Waals surface area contributed by atoms with E-state index in [9.17, 15) is 9.90 Å². The second-order valence-electron chi connectivity index (χ2n) is 3.70. The van der Waals surface area contributed by atoms with Gasteiger partial charge in [0, 0.05) is 20.3 Å². The van der Waals surface area contributed by atoms with Crippen molar-refractivity contribution in [2.45, 2.75) is 6.42 Å². The minimum Gasteiger partial charge on any atom is -0.507 e. The van der Waals surface area contributed by atoms with Crippen molar-refractivity contribution in [3.63, 3.8) is 0 Å². The summed E-state index contributed by atoms with van der Waals surface area (Å²) in [7, 11) is 1.63. The van der Waals surface area contributed by atoms with Crippen LogP contribution in [0.25, 0.3) is 0 Å². The average Bonchev–Trinajstić information content (AvgIpc) is 2.41. The van der Waals surface area contributed by atoms with E-state index in [1.54, 1.807) is 19.2 Å². The zero-order valence-corrected chi connectivity index (χ0v) is 11.4. The van der Waals surface area contributed by atoms with Gasteiger partial charge in [-0.3, -0.25) is 15.6 Å². The molecule has 0 aliphatic rings. The number of ether oxygens (including phenoxy) is 1. The van der Waals surface area contributed by atoms with E-state index < -0.39 is 5.91 Å². The third-order valence-corrected chi connectivity index (χ3v) is 2.50. The second-order valence-corrected chi connectivity index (χ2v) is 4.11. The summed E-state index contributed by atoms with van der Waals surface area (Å²) in [5, 5.41) is 12.7. The van der Waals surface area contributed by atoms with Gasteiger partial charge in [-0.2, -0.15) is 0 Å². The van der Waals surface area contributed by atoms with E-state index in [1.165, 1.54) is 12.1 Å². The molecular formula is C12H17N3O3S. The molecule has 0 aromatic heterocycles. The smallest absolute Gasteiger partial charge is 0.273 e. The molecule has 7 heteroatoms. The third-order valence-electron chi connectivity index (χ3n) is 2.25. The Hall–Kier alpha value is -1.86. The van der Waals surface area contributed by atoms with E-state index in [0.717, 1.165) is 6.42 Å². The first kappa shape index (κ1) is 15.2. The Morgan fingerprint density at radius 1 is 1.37 bits per heavy atom. The van der Waals surface area contributed by atoms with Crippen LogP contribution in [0.4, 0.5) is 0 Å². The lowest BCUT2D eigenvalue weighted by molar-refractivity contribution is 0.0941. The minimum absolute atomic E-state index is 0.0826. The maximum Gasteiger partial charge on any atom is 0.273 e. The molecule has 0 bridgehead atoms. The highest BCUT2D eigenvalue weighted by Gasteiger charge is 2.09. The molecule has 1 aromatic rings. The van der Waals surface area contributed by atoms with Crippen LogP contribution < -0.4 is 16.2 Å². The summed E-state index contributed by atoms with van der Waals surface area (Å²) in [5.74, 6) is -0.542. The van der Waals surface area contributed by atoms with Crippen molar-refractivity contribution in [1.29, 1.82) is 0 Å². The number of hydrogen-bond donors (Lipinski definition) is 4. The van der Waals surface area contributed by atoms with Crippen molar-refractivity contribution in [1.82, 2.24) is 16.2 Å². The van der Waals surface area contributed by atoms with Gasteiger partial charge in [-0.15, -0.1) is 0 Å². The fourth-order valence-corrected chi connectivity index (χ4v) is 1.46. The van der Waals surface area contributed by atoms with Gasteiger partial charge in [0.25, 0.3) is 5.91 Å². The number of carbonyl (C=O) groups is 1. The first-order valence-corrected chi connectivity index (χ1v) is 6.17. The lowest BCUT2D eigenvalue weighted by Crippen LogP contribution is -2.47. The molecule has 0 unspecified atom stereocenters. The maximum atomic E-state index is 11.7. The Morgan fingerprint density at radius 3 is 2.79 bits per heavy atom. The van der Waals surface area contributed by atoms with Gasteiger partial charge < -0.3 is 15.2 Å². The van der Waals surface area contributed by atoms with Gasteiger partial charge in [0.1, 0.15) is 5.75 Å². The molecule has 0 aliphatic heterocycles. The van der Waals surface area contributed by atoms with E-state index >= 15 is 0 Å². The van der Waals surface area contributed by atoms with Crippen LogP contribution in [0.3, 0.4) is 0 Å². The molecule has 0 aliphatic carbocycles. The van der Waals surface area contributed by atoms with Gasteiger partial charge in [-0.05, 0) is 30.8 Å². The largest absolute Gasteiger partial charge is 0.507 e. The lowest BCUT2D eigenvalue weighted by Gasteiger charge is -2.11. The number of methoxy groups -OCH3 is 1. The molecule has 6 nitrogen and oxygen atoms in total. The fourth-order valence-electron chi connectivity index (χ4n) is 1.31. The van der Waals surface area contributed by atoms with E-state index in [1.807, 2.05) is 0 Å². The molecule has 0 saturated heterocycles. The van der Waals surface area contributed by atoms with Crippen molar-refractivity contribution in [2.75, 3.05) is 20.3 Å². The van der Waals surface area contributed by atoms with Gasteiger partial charge >= 0.3 is 0 Å². The Bertz CT molecular complexity index is 440. The van der Waals surface area contributed by atoms with Crippen molar-refractivity contribution in [2.24, 2.45) is 0 Å². The standard InChI is InChI=1S/C12H17N3O3S/c1-18-8-4-7-13-12(19)15-14-11(17)9-5-2-3-6-10(9)16/h2-3,5-6,16H,4,7-8H2,1H3,(H,14,17)(H2,13,15,19). The van der Waals surface area contributed by atoms with Crippen molar-refractivity contribution < 1.29 is 14.6 Å². The highest BCUT2D eigenvalue weighted by Crippen LogP contribution is 2.14. The van der Waals surface area contributed by atoms with E-state index in [4.69, 9.17) is 17.0 Å². The SMILES string of the molecule is COCCCNC(=S)NNC(=O)c1ccccc1O. The summed E-state index contributed by atoms with van der Waals surface area (Å²) in [6.45, 7) is 1.28. The average molecular weight is 283 g/mol. The molecule has 0 heterocycles. The predicted octanol–water partition coefficient (Wildman–Crippen LogP) is 0.538. The van der Waals surface area contributed by atoms with Gasteiger partial charge in [0.05, 0.1) is 5.56 Å². The van der Waals surface area contributed by atoms with Crippen LogP contribution in [0, 0.1) is 0 Å². The van der Waals surface area contributed by atoms with Gasteiger partial charge in [-0.25, -0.2) is 0 Å². The third kappa shape index (κ3) is 5.54. The Balaban J connectivity index is 2.30. The summed E-state index contributed by atoms with van der Waals surface area (Å²) in [6, 6.07) is 6.26. The van der Waals surface area contributed by atoms with Gasteiger partial charge in [0.15, 0.2) is 5.11 Å².